The Hall–Kier alpha value is 5.97. The second-order valence-electron chi connectivity index (χ2n) is 0.533. The Balaban J connectivity index is -0.0000000301. The van der Waals surface area contributed by atoms with E-state index in [1.807, 2.05) is 0 Å². The first-order valence-electron chi connectivity index (χ1n) is 2.31. The molecule has 0 aromatic heterocycles. The maximum absolute atomic E-state index is 9.35. The molecule has 0 fully saturated rings. The van der Waals surface area contributed by atoms with Crippen molar-refractivity contribution >= 4 is 140 Å². The molecule has 0 N–H and O–H groups in total. The van der Waals surface area contributed by atoms with Crippen molar-refractivity contribution in [3.8, 4) is 0 Å². The summed E-state index contributed by atoms with van der Waals surface area (Å²) in [7, 11) is 0. The summed E-state index contributed by atoms with van der Waals surface area (Å²) in [6.07, 6.45) is 0. The predicted molar refractivity (Wildman–Crippen MR) is 23.8 cm³/mol. The third-order valence-corrected chi connectivity index (χ3v) is 3.89. The second-order valence-corrected chi connectivity index (χ2v) is 7.57. The van der Waals surface area contributed by atoms with Crippen LogP contribution >= 0.6 is 0 Å². The quantitative estimate of drug-likeness (QED) is 0.283. The van der Waals surface area contributed by atoms with Crippen LogP contribution in [0.3, 0.4) is 0 Å². The maximum atomic E-state index is 9.35. The monoisotopic (exact) mass is 919 g/mol. The molecule has 0 aliphatic heterocycles. The van der Waals surface area contributed by atoms with Gasteiger partial charge in [0.15, 0.2) is 0 Å². The van der Waals surface area contributed by atoms with Crippen LogP contribution in [0.25, 0.3) is 0 Å². The minimum atomic E-state index is -4.28. The first-order valence-corrected chi connectivity index (χ1v) is 16.0. The van der Waals surface area contributed by atoms with Crippen LogP contribution in [-0.4, -0.2) is 140 Å². The van der Waals surface area contributed by atoms with Crippen molar-refractivity contribution in [2.45, 2.75) is 0 Å². The Morgan fingerprint density at radius 1 is 0.733 bits per heavy atom. The van der Waals surface area contributed by atoms with Gasteiger partial charge in [-0.05, 0) is 0 Å². The van der Waals surface area contributed by atoms with Gasteiger partial charge in [0, 0.05) is 0 Å². The van der Waals surface area contributed by atoms with Crippen LogP contribution in [0.2, 0.25) is 0 Å². The SMILES string of the molecule is [O]=[Ba].[O]=[Ba].[O]=[Ba].[O]=[W](=[O])=[O].[O]=[Y][O][Y]=[O]. The fourth-order valence-electron chi connectivity index (χ4n) is 0.0227. The summed E-state index contributed by atoms with van der Waals surface area (Å²) in [5.74, 6) is 0. The van der Waals surface area contributed by atoms with E-state index in [-0.39, 0.29) is 140 Å². The summed E-state index contributed by atoms with van der Waals surface area (Å²) < 4.78 is 74.0. The van der Waals surface area contributed by atoms with Crippen molar-refractivity contribution in [2.75, 3.05) is 0 Å². The molecule has 0 radical (unpaired) electrons. The van der Waals surface area contributed by atoms with Gasteiger partial charge in [-0.2, -0.15) is 0 Å². The third-order valence-electron chi connectivity index (χ3n) is 0.111. The van der Waals surface area contributed by atoms with E-state index in [0.717, 1.165) is 0 Å². The van der Waals surface area contributed by atoms with Crippen LogP contribution in [0, 0.1) is 0 Å². The fraction of sp³-hybridized carbons (Fsp3) is 0. The molecule has 0 bridgehead atoms. The van der Waals surface area contributed by atoms with E-state index in [9.17, 15) is 4.09 Å². The van der Waals surface area contributed by atoms with Crippen molar-refractivity contribution < 1.29 is 90.5 Å². The van der Waals surface area contributed by atoms with Crippen LogP contribution in [-0.2, 0) is 90.5 Å². The van der Waals surface area contributed by atoms with Gasteiger partial charge in [0.1, 0.15) is 0 Å². The van der Waals surface area contributed by atoms with E-state index in [1.54, 1.807) is 0 Å². The van der Waals surface area contributed by atoms with Gasteiger partial charge in [-0.3, -0.25) is 0 Å². The van der Waals surface area contributed by atoms with Gasteiger partial charge in [0.05, 0.1) is 0 Å². The zero-order valence-electron chi connectivity index (χ0n) is 7.36. The molecule has 0 aromatic carbocycles. The summed E-state index contributed by atoms with van der Waals surface area (Å²) in [5.41, 5.74) is 0. The standard InChI is InChI=1S/3Ba.9O.W.2Y. The van der Waals surface area contributed by atoms with Crippen LogP contribution < -0.4 is 0 Å². The second kappa shape index (κ2) is 50.2. The Kier molecular flexibility index (Phi) is 110. The van der Waals surface area contributed by atoms with E-state index in [2.05, 4.69) is -0.634 Å². The molecule has 15 heavy (non-hydrogen) atoms. The average Bonchev–Trinajstić information content (AvgIpc) is 2.27. The Bertz CT molecular complexity index is 193. The molecule has 15 heteroatoms. The number of hydrogen-bond donors (Lipinski definition) is 0. The third kappa shape index (κ3) is 102. The van der Waals surface area contributed by atoms with Gasteiger partial charge in [-0.1, -0.05) is 0 Å². The first kappa shape index (κ1) is 32.8. The van der Waals surface area contributed by atoms with Crippen LogP contribution in [0.5, 0.6) is 0 Å². The van der Waals surface area contributed by atoms with Gasteiger partial charge < -0.3 is 0 Å². The average molecular weight is 918 g/mol. The molecule has 0 spiro atoms. The molecule has 0 heterocycles. The van der Waals surface area contributed by atoms with Crippen LogP contribution in [0.1, 0.15) is 0 Å². The molecule has 0 aliphatic rings. The summed E-state index contributed by atoms with van der Waals surface area (Å²) in [4.78, 5) is 0. The molecule has 0 aromatic rings. The van der Waals surface area contributed by atoms with E-state index in [1.165, 1.54) is 0 Å². The Morgan fingerprint density at radius 3 is 0.867 bits per heavy atom. The van der Waals surface area contributed by atoms with Gasteiger partial charge in [-0.15, -0.1) is 0 Å². The summed E-state index contributed by atoms with van der Waals surface area (Å²) in [5, 5.41) is 0. The van der Waals surface area contributed by atoms with E-state index in [0.29, 0.717) is 0 Å². The van der Waals surface area contributed by atoms with Gasteiger partial charge in [-0.25, -0.2) is 0 Å². The molecule has 0 saturated heterocycles. The predicted octanol–water partition coefficient (Wildman–Crippen LogP) is -2.17. The molecule has 72 valence electrons. The van der Waals surface area contributed by atoms with E-state index >= 15 is 0 Å². The number of rotatable bonds is 2. The van der Waals surface area contributed by atoms with Crippen molar-refractivity contribution in [3.05, 3.63) is 0 Å². The molecule has 0 saturated carbocycles. The molecular formula is Ba3O9WY2. The minimum absolute atomic E-state index is 0.222. The van der Waals surface area contributed by atoms with E-state index < -0.39 is 76.7 Å². The molecule has 9 nitrogen and oxygen atoms in total. The molecule has 0 aliphatic carbocycles. The fourth-order valence-corrected chi connectivity index (χ4v) is 0.794. The zero-order chi connectivity index (χ0) is 13.7. The van der Waals surface area contributed by atoms with Crippen molar-refractivity contribution in [1.29, 1.82) is 0 Å². The van der Waals surface area contributed by atoms with Gasteiger partial charge in [0.25, 0.3) is 0 Å². The summed E-state index contributed by atoms with van der Waals surface area (Å²) in [6, 6.07) is 0. The summed E-state index contributed by atoms with van der Waals surface area (Å²) in [6.45, 7) is 0. The van der Waals surface area contributed by atoms with Crippen LogP contribution in [0.4, 0.5) is 0 Å². The van der Waals surface area contributed by atoms with Crippen molar-refractivity contribution in [2.24, 2.45) is 0 Å². The Morgan fingerprint density at radius 2 is 0.867 bits per heavy atom. The first-order chi connectivity index (χ1) is 7.15. The van der Waals surface area contributed by atoms with Crippen molar-refractivity contribution in [3.63, 3.8) is 0 Å². The molecule has 0 atom stereocenters. The molecule has 0 amide bonds. The number of hydrogen-bond acceptors (Lipinski definition) is 9. The zero-order valence-corrected chi connectivity index (χ0v) is 29.3. The molecular weight excluding hydrogens is 918 g/mol. The Labute approximate surface area is 222 Å². The molecule has 0 unspecified atom stereocenters. The van der Waals surface area contributed by atoms with Gasteiger partial charge in [0.2, 0.25) is 0 Å². The summed E-state index contributed by atoms with van der Waals surface area (Å²) >= 11 is -8.76. The molecule has 0 rings (SSSR count). The topological polar surface area (TPSA) is 146 Å². The normalized spacial score (nSPS) is 4.40. The van der Waals surface area contributed by atoms with Crippen molar-refractivity contribution in [1.82, 2.24) is 0 Å². The van der Waals surface area contributed by atoms with E-state index in [4.69, 9.17) is 10.3 Å². The van der Waals surface area contributed by atoms with Gasteiger partial charge >= 0.3 is 231 Å². The van der Waals surface area contributed by atoms with Crippen LogP contribution in [0.15, 0.2) is 0 Å².